The molecular weight excluding hydrogens is 230 g/mol. The van der Waals surface area contributed by atoms with E-state index in [1.165, 1.54) is 5.56 Å². The SMILES string of the molecule is CCC(CCO)NCc1c(C)nn(CCO)c1C. The van der Waals surface area contributed by atoms with Crippen molar-refractivity contribution in [3.8, 4) is 0 Å². The van der Waals surface area contributed by atoms with E-state index in [0.29, 0.717) is 12.6 Å². The highest BCUT2D eigenvalue weighted by Crippen LogP contribution is 2.13. The Morgan fingerprint density at radius 3 is 2.56 bits per heavy atom. The molecule has 5 nitrogen and oxygen atoms in total. The van der Waals surface area contributed by atoms with Gasteiger partial charge in [-0.15, -0.1) is 0 Å². The Kier molecular flexibility index (Phi) is 6.32. The number of nitrogens with zero attached hydrogens (tertiary/aromatic N) is 2. The highest BCUT2D eigenvalue weighted by atomic mass is 16.3. The summed E-state index contributed by atoms with van der Waals surface area (Å²) in [7, 11) is 0. The smallest absolute Gasteiger partial charge is 0.0644 e. The molecule has 104 valence electrons. The Hall–Kier alpha value is -0.910. The lowest BCUT2D eigenvalue weighted by Crippen LogP contribution is -2.29. The number of aliphatic hydroxyl groups excluding tert-OH is 2. The standard InChI is InChI=1S/C13H25N3O2/c1-4-12(5-7-17)14-9-13-10(2)15-16(6-8-18)11(13)3/h12,14,17-18H,4-9H2,1-3H3. The molecule has 1 atom stereocenters. The van der Waals surface area contributed by atoms with Gasteiger partial charge in [-0.05, 0) is 26.7 Å². The molecule has 0 bridgehead atoms. The van der Waals surface area contributed by atoms with Gasteiger partial charge in [0.1, 0.15) is 0 Å². The van der Waals surface area contributed by atoms with Gasteiger partial charge in [-0.3, -0.25) is 4.68 Å². The molecule has 0 saturated heterocycles. The normalized spacial score (nSPS) is 12.9. The Morgan fingerprint density at radius 2 is 2.00 bits per heavy atom. The molecule has 0 amide bonds. The molecule has 0 aromatic carbocycles. The van der Waals surface area contributed by atoms with Gasteiger partial charge in [0.15, 0.2) is 0 Å². The first-order valence-electron chi connectivity index (χ1n) is 6.62. The number of hydrogen-bond donors (Lipinski definition) is 3. The Balaban J connectivity index is 2.66. The fourth-order valence-electron chi connectivity index (χ4n) is 2.16. The fraction of sp³-hybridized carbons (Fsp3) is 0.769. The molecule has 1 aromatic rings. The third-order valence-corrected chi connectivity index (χ3v) is 3.38. The summed E-state index contributed by atoms with van der Waals surface area (Å²) in [6, 6.07) is 0.343. The zero-order chi connectivity index (χ0) is 13.5. The zero-order valence-corrected chi connectivity index (χ0v) is 11.6. The van der Waals surface area contributed by atoms with Crippen LogP contribution in [0.15, 0.2) is 0 Å². The number of rotatable bonds is 8. The zero-order valence-electron chi connectivity index (χ0n) is 11.6. The monoisotopic (exact) mass is 255 g/mol. The summed E-state index contributed by atoms with van der Waals surface area (Å²) in [5.41, 5.74) is 3.31. The first-order valence-corrected chi connectivity index (χ1v) is 6.62. The lowest BCUT2D eigenvalue weighted by Gasteiger charge is -2.15. The first kappa shape index (κ1) is 15.1. The molecule has 18 heavy (non-hydrogen) atoms. The number of hydrogen-bond acceptors (Lipinski definition) is 4. The summed E-state index contributed by atoms with van der Waals surface area (Å²) in [6.07, 6.45) is 1.78. The quantitative estimate of drug-likeness (QED) is 0.641. The van der Waals surface area contributed by atoms with Crippen LogP contribution in [-0.4, -0.2) is 39.2 Å². The molecule has 0 aliphatic rings. The van der Waals surface area contributed by atoms with Crippen molar-refractivity contribution in [2.75, 3.05) is 13.2 Å². The molecule has 5 heteroatoms. The second kappa shape index (κ2) is 7.51. The molecule has 1 unspecified atom stereocenters. The third kappa shape index (κ3) is 3.80. The average Bonchev–Trinajstić information content (AvgIpc) is 2.61. The Labute approximate surface area is 109 Å². The van der Waals surface area contributed by atoms with Gasteiger partial charge in [0, 0.05) is 30.5 Å². The fourth-order valence-corrected chi connectivity index (χ4v) is 2.16. The summed E-state index contributed by atoms with van der Waals surface area (Å²) in [5, 5.41) is 25.8. The van der Waals surface area contributed by atoms with E-state index in [1.807, 2.05) is 18.5 Å². The van der Waals surface area contributed by atoms with Gasteiger partial charge < -0.3 is 15.5 Å². The van der Waals surface area contributed by atoms with Crippen LogP contribution in [0.4, 0.5) is 0 Å². The van der Waals surface area contributed by atoms with E-state index in [4.69, 9.17) is 10.2 Å². The van der Waals surface area contributed by atoms with Crippen molar-refractivity contribution in [1.82, 2.24) is 15.1 Å². The maximum atomic E-state index is 8.97. The van der Waals surface area contributed by atoms with Crippen LogP contribution in [0, 0.1) is 13.8 Å². The van der Waals surface area contributed by atoms with Crippen molar-refractivity contribution in [1.29, 1.82) is 0 Å². The van der Waals surface area contributed by atoms with Crippen LogP contribution in [0.3, 0.4) is 0 Å². The predicted molar refractivity (Wildman–Crippen MR) is 71.4 cm³/mol. The Morgan fingerprint density at radius 1 is 1.28 bits per heavy atom. The maximum Gasteiger partial charge on any atom is 0.0644 e. The van der Waals surface area contributed by atoms with E-state index in [2.05, 4.69) is 17.3 Å². The van der Waals surface area contributed by atoms with Crippen molar-refractivity contribution in [3.63, 3.8) is 0 Å². The topological polar surface area (TPSA) is 70.3 Å². The van der Waals surface area contributed by atoms with E-state index in [1.54, 1.807) is 0 Å². The number of aliphatic hydroxyl groups is 2. The molecule has 1 aromatic heterocycles. The highest BCUT2D eigenvalue weighted by Gasteiger charge is 2.12. The van der Waals surface area contributed by atoms with Crippen molar-refractivity contribution in [2.45, 2.75) is 52.7 Å². The summed E-state index contributed by atoms with van der Waals surface area (Å²) in [4.78, 5) is 0. The van der Waals surface area contributed by atoms with Gasteiger partial charge >= 0.3 is 0 Å². The number of aromatic nitrogens is 2. The van der Waals surface area contributed by atoms with Gasteiger partial charge in [0.2, 0.25) is 0 Å². The molecule has 0 radical (unpaired) electrons. The van der Waals surface area contributed by atoms with Crippen LogP contribution in [0.1, 0.15) is 36.7 Å². The van der Waals surface area contributed by atoms with Crippen LogP contribution in [0.25, 0.3) is 0 Å². The summed E-state index contributed by atoms with van der Waals surface area (Å²) >= 11 is 0. The maximum absolute atomic E-state index is 8.97. The van der Waals surface area contributed by atoms with E-state index >= 15 is 0 Å². The van der Waals surface area contributed by atoms with E-state index in [-0.39, 0.29) is 13.2 Å². The molecule has 1 heterocycles. The largest absolute Gasteiger partial charge is 0.396 e. The van der Waals surface area contributed by atoms with Gasteiger partial charge in [-0.2, -0.15) is 5.10 Å². The van der Waals surface area contributed by atoms with E-state index in [9.17, 15) is 0 Å². The van der Waals surface area contributed by atoms with Crippen LogP contribution < -0.4 is 5.32 Å². The van der Waals surface area contributed by atoms with Crippen molar-refractivity contribution in [3.05, 3.63) is 17.0 Å². The van der Waals surface area contributed by atoms with Crippen molar-refractivity contribution in [2.24, 2.45) is 0 Å². The number of nitrogens with one attached hydrogen (secondary N) is 1. The number of aryl methyl sites for hydroxylation is 1. The second-order valence-electron chi connectivity index (χ2n) is 4.59. The van der Waals surface area contributed by atoms with E-state index in [0.717, 1.165) is 30.8 Å². The van der Waals surface area contributed by atoms with Crippen LogP contribution in [-0.2, 0) is 13.1 Å². The van der Waals surface area contributed by atoms with Crippen LogP contribution in [0.5, 0.6) is 0 Å². The molecule has 0 fully saturated rings. The lowest BCUT2D eigenvalue weighted by molar-refractivity contribution is 0.261. The molecule has 3 N–H and O–H groups in total. The van der Waals surface area contributed by atoms with Gasteiger partial charge in [0.25, 0.3) is 0 Å². The van der Waals surface area contributed by atoms with Crippen molar-refractivity contribution >= 4 is 0 Å². The molecule has 0 aliphatic carbocycles. The molecule has 0 spiro atoms. The van der Waals surface area contributed by atoms with Gasteiger partial charge in [-0.1, -0.05) is 6.92 Å². The van der Waals surface area contributed by atoms with Crippen LogP contribution in [0.2, 0.25) is 0 Å². The predicted octanol–water partition coefficient (Wildman–Crippen LogP) is 0.743. The Bertz CT molecular complexity index is 363. The molecule has 0 aliphatic heterocycles. The van der Waals surface area contributed by atoms with E-state index < -0.39 is 0 Å². The van der Waals surface area contributed by atoms with Crippen LogP contribution >= 0.6 is 0 Å². The average molecular weight is 255 g/mol. The highest BCUT2D eigenvalue weighted by molar-refractivity contribution is 5.24. The summed E-state index contributed by atoms with van der Waals surface area (Å²) < 4.78 is 1.85. The lowest BCUT2D eigenvalue weighted by atomic mass is 10.1. The molecular formula is C13H25N3O2. The van der Waals surface area contributed by atoms with Gasteiger partial charge in [0.05, 0.1) is 18.8 Å². The summed E-state index contributed by atoms with van der Waals surface area (Å²) in [6.45, 7) is 7.76. The minimum Gasteiger partial charge on any atom is -0.396 e. The second-order valence-corrected chi connectivity index (χ2v) is 4.59. The molecule has 1 rings (SSSR count). The van der Waals surface area contributed by atoms with Gasteiger partial charge in [-0.25, -0.2) is 0 Å². The summed E-state index contributed by atoms with van der Waals surface area (Å²) in [5.74, 6) is 0. The molecule has 0 saturated carbocycles. The minimum atomic E-state index is 0.108. The third-order valence-electron chi connectivity index (χ3n) is 3.38. The first-order chi connectivity index (χ1) is 8.63. The minimum absolute atomic E-state index is 0.108. The van der Waals surface area contributed by atoms with Crippen molar-refractivity contribution < 1.29 is 10.2 Å².